The van der Waals surface area contributed by atoms with Gasteiger partial charge in [-0.2, -0.15) is 0 Å². The number of methoxy groups -OCH3 is 1. The van der Waals surface area contributed by atoms with Crippen molar-refractivity contribution in [2.24, 2.45) is 5.92 Å². The summed E-state index contributed by atoms with van der Waals surface area (Å²) in [6, 6.07) is 5.68. The quantitative estimate of drug-likeness (QED) is 0.769. The molecule has 1 heterocycles. The van der Waals surface area contributed by atoms with Gasteiger partial charge in [-0.25, -0.2) is 0 Å². The van der Waals surface area contributed by atoms with E-state index in [1.54, 1.807) is 7.11 Å². The number of hydrogen-bond donors (Lipinski definition) is 2. The zero-order valence-corrected chi connectivity index (χ0v) is 9.64. The van der Waals surface area contributed by atoms with Crippen LogP contribution in [0.4, 0.5) is 0 Å². The maximum atomic E-state index is 11.5. The summed E-state index contributed by atoms with van der Waals surface area (Å²) in [4.78, 5) is 11.5. The first kappa shape index (κ1) is 10.6. The number of ether oxygens (including phenoxy) is 1. The number of aliphatic hydroxyl groups is 1. The summed E-state index contributed by atoms with van der Waals surface area (Å²) in [5, 5.41) is 13.2. The first-order chi connectivity index (χ1) is 8.19. The Labute approximate surface area is 99.6 Å². The Balaban J connectivity index is 2.08. The van der Waals surface area contributed by atoms with Crippen molar-refractivity contribution in [3.05, 3.63) is 29.3 Å². The number of carbonyl (C=O) groups is 1. The Bertz CT molecular complexity index is 472. The summed E-state index contributed by atoms with van der Waals surface area (Å²) in [6.07, 6.45) is 0.703. The molecular formula is C13H15NO3. The highest BCUT2D eigenvalue weighted by Crippen LogP contribution is 2.44. The summed E-state index contributed by atoms with van der Waals surface area (Å²) >= 11 is 0. The molecule has 1 amide bonds. The summed E-state index contributed by atoms with van der Waals surface area (Å²) < 4.78 is 5.19. The predicted octanol–water partition coefficient (Wildman–Crippen LogP) is 1.31. The molecule has 1 saturated heterocycles. The molecule has 0 aromatic heterocycles. The van der Waals surface area contributed by atoms with Crippen molar-refractivity contribution in [3.63, 3.8) is 0 Å². The fourth-order valence-electron chi connectivity index (χ4n) is 2.89. The van der Waals surface area contributed by atoms with Gasteiger partial charge >= 0.3 is 0 Å². The molecule has 17 heavy (non-hydrogen) atoms. The van der Waals surface area contributed by atoms with Crippen LogP contribution < -0.4 is 10.1 Å². The van der Waals surface area contributed by atoms with E-state index in [9.17, 15) is 9.90 Å². The van der Waals surface area contributed by atoms with E-state index in [0.717, 1.165) is 23.3 Å². The SMILES string of the molecule is COc1ccc2c(c1)[C@H]1C[C@@H](CC(=O)N1)[C@@H]2O. The van der Waals surface area contributed by atoms with Gasteiger partial charge in [-0.05, 0) is 29.7 Å². The largest absolute Gasteiger partial charge is 0.497 e. The summed E-state index contributed by atoms with van der Waals surface area (Å²) in [7, 11) is 1.61. The molecule has 3 rings (SSSR count). The predicted molar refractivity (Wildman–Crippen MR) is 61.6 cm³/mol. The first-order valence-corrected chi connectivity index (χ1v) is 5.84. The average Bonchev–Trinajstić information content (AvgIpc) is 2.35. The molecular weight excluding hydrogens is 218 g/mol. The lowest BCUT2D eigenvalue weighted by atomic mass is 9.74. The molecule has 4 heteroatoms. The molecule has 1 fully saturated rings. The van der Waals surface area contributed by atoms with Crippen molar-refractivity contribution in [2.45, 2.75) is 25.0 Å². The molecule has 0 unspecified atom stereocenters. The molecule has 4 nitrogen and oxygen atoms in total. The van der Waals surface area contributed by atoms with Gasteiger partial charge in [0.05, 0.1) is 19.3 Å². The maximum Gasteiger partial charge on any atom is 0.220 e. The van der Waals surface area contributed by atoms with Crippen LogP contribution in [0, 0.1) is 5.92 Å². The number of aliphatic hydroxyl groups excluding tert-OH is 1. The van der Waals surface area contributed by atoms with Gasteiger partial charge in [-0.15, -0.1) is 0 Å². The van der Waals surface area contributed by atoms with Crippen LogP contribution in [-0.4, -0.2) is 18.1 Å². The number of piperidine rings is 1. The van der Waals surface area contributed by atoms with Crippen LogP contribution in [0.15, 0.2) is 18.2 Å². The van der Waals surface area contributed by atoms with E-state index in [4.69, 9.17) is 4.74 Å². The molecule has 90 valence electrons. The number of amides is 1. The van der Waals surface area contributed by atoms with Gasteiger partial charge in [0, 0.05) is 12.3 Å². The molecule has 1 aromatic carbocycles. The first-order valence-electron chi connectivity index (χ1n) is 5.84. The summed E-state index contributed by atoms with van der Waals surface area (Å²) in [6.45, 7) is 0. The van der Waals surface area contributed by atoms with Crippen LogP contribution in [0.25, 0.3) is 0 Å². The van der Waals surface area contributed by atoms with E-state index < -0.39 is 6.10 Å². The van der Waals surface area contributed by atoms with Gasteiger partial charge in [0.15, 0.2) is 0 Å². The minimum Gasteiger partial charge on any atom is -0.497 e. The van der Waals surface area contributed by atoms with Crippen LogP contribution >= 0.6 is 0 Å². The van der Waals surface area contributed by atoms with Crippen molar-refractivity contribution in [1.29, 1.82) is 0 Å². The average molecular weight is 233 g/mol. The highest BCUT2D eigenvalue weighted by molar-refractivity contribution is 5.78. The number of benzene rings is 1. The standard InChI is InChI=1S/C13H15NO3/c1-17-8-2-3-9-10(6-8)11-4-7(13(9)16)5-12(15)14-11/h2-3,6-7,11,13,16H,4-5H2,1H3,(H,14,15)/t7-,11+,13-/m0/s1. The molecule has 2 aliphatic rings. The van der Waals surface area contributed by atoms with Crippen LogP contribution in [0.5, 0.6) is 5.75 Å². The van der Waals surface area contributed by atoms with Crippen molar-refractivity contribution in [1.82, 2.24) is 5.32 Å². The molecule has 0 radical (unpaired) electrons. The molecule has 2 bridgehead atoms. The molecule has 2 N–H and O–H groups in total. The van der Waals surface area contributed by atoms with Gasteiger partial charge in [0.25, 0.3) is 0 Å². The maximum absolute atomic E-state index is 11.5. The second-order valence-corrected chi connectivity index (χ2v) is 4.76. The highest BCUT2D eigenvalue weighted by Gasteiger charge is 2.39. The van der Waals surface area contributed by atoms with Gasteiger partial charge in [0.2, 0.25) is 5.91 Å². The normalized spacial score (nSPS) is 30.5. The Morgan fingerprint density at radius 3 is 3.00 bits per heavy atom. The monoisotopic (exact) mass is 233 g/mol. The zero-order valence-electron chi connectivity index (χ0n) is 9.64. The van der Waals surface area contributed by atoms with E-state index >= 15 is 0 Å². The Morgan fingerprint density at radius 1 is 1.41 bits per heavy atom. The number of carbonyl (C=O) groups excluding carboxylic acids is 1. The lowest BCUT2D eigenvalue weighted by Crippen LogP contribution is -2.42. The number of hydrogen-bond acceptors (Lipinski definition) is 3. The molecule has 0 saturated carbocycles. The Kier molecular flexibility index (Phi) is 2.33. The molecule has 1 aromatic rings. The van der Waals surface area contributed by atoms with Gasteiger partial charge in [-0.1, -0.05) is 6.07 Å². The smallest absolute Gasteiger partial charge is 0.220 e. The van der Waals surface area contributed by atoms with Crippen molar-refractivity contribution < 1.29 is 14.6 Å². The van der Waals surface area contributed by atoms with Gasteiger partial charge in [0.1, 0.15) is 5.75 Å². The van der Waals surface area contributed by atoms with E-state index in [0.29, 0.717) is 6.42 Å². The minimum absolute atomic E-state index is 0.0229. The van der Waals surface area contributed by atoms with E-state index in [1.165, 1.54) is 0 Å². The van der Waals surface area contributed by atoms with Crippen molar-refractivity contribution >= 4 is 5.91 Å². The lowest BCUT2D eigenvalue weighted by Gasteiger charge is -2.39. The van der Waals surface area contributed by atoms with Crippen LogP contribution in [0.2, 0.25) is 0 Å². The Hall–Kier alpha value is -1.55. The molecule has 3 atom stereocenters. The third kappa shape index (κ3) is 1.60. The zero-order chi connectivity index (χ0) is 12.0. The molecule has 1 aliphatic heterocycles. The fraction of sp³-hybridized carbons (Fsp3) is 0.462. The van der Waals surface area contributed by atoms with Gasteiger partial charge < -0.3 is 15.2 Å². The number of nitrogens with one attached hydrogen (secondary N) is 1. The third-order valence-electron chi connectivity index (χ3n) is 3.76. The summed E-state index contributed by atoms with van der Waals surface area (Å²) in [5.74, 6) is 0.836. The minimum atomic E-state index is -0.529. The van der Waals surface area contributed by atoms with Crippen LogP contribution in [-0.2, 0) is 4.79 Å². The lowest BCUT2D eigenvalue weighted by molar-refractivity contribution is -0.127. The van der Waals surface area contributed by atoms with Crippen molar-refractivity contribution in [3.8, 4) is 5.75 Å². The third-order valence-corrected chi connectivity index (χ3v) is 3.76. The number of rotatable bonds is 1. The van der Waals surface area contributed by atoms with Crippen molar-refractivity contribution in [2.75, 3.05) is 7.11 Å². The van der Waals surface area contributed by atoms with Gasteiger partial charge in [-0.3, -0.25) is 4.79 Å². The highest BCUT2D eigenvalue weighted by atomic mass is 16.5. The number of fused-ring (bicyclic) bond motifs is 4. The second-order valence-electron chi connectivity index (χ2n) is 4.76. The second kappa shape index (κ2) is 3.74. The van der Waals surface area contributed by atoms with E-state index in [2.05, 4.69) is 5.32 Å². The van der Waals surface area contributed by atoms with Crippen LogP contribution in [0.3, 0.4) is 0 Å². The van der Waals surface area contributed by atoms with E-state index in [1.807, 2.05) is 18.2 Å². The Morgan fingerprint density at radius 2 is 2.24 bits per heavy atom. The van der Waals surface area contributed by atoms with Crippen LogP contribution in [0.1, 0.15) is 36.1 Å². The topological polar surface area (TPSA) is 58.6 Å². The van der Waals surface area contributed by atoms with E-state index in [-0.39, 0.29) is 17.9 Å². The fourth-order valence-corrected chi connectivity index (χ4v) is 2.89. The summed E-state index contributed by atoms with van der Waals surface area (Å²) in [5.41, 5.74) is 1.91. The molecule has 0 spiro atoms. The molecule has 1 aliphatic carbocycles.